The third-order valence-electron chi connectivity index (χ3n) is 2.62. The van der Waals surface area contributed by atoms with Gasteiger partial charge in [0, 0.05) is 0 Å². The molecule has 1 unspecified atom stereocenters. The maximum Gasteiger partial charge on any atom is 0.334 e. The summed E-state index contributed by atoms with van der Waals surface area (Å²) in [4.78, 5) is 10.9. The highest BCUT2D eigenvalue weighted by Gasteiger charge is 2.34. The van der Waals surface area contributed by atoms with Gasteiger partial charge in [-0.3, -0.25) is 0 Å². The number of carbonyl (C=O) groups excluding carboxylic acids is 1. The molecule has 2 aliphatic rings. The highest BCUT2D eigenvalue weighted by atomic mass is 16.5. The van der Waals surface area contributed by atoms with E-state index in [-0.39, 0.29) is 17.8 Å². The molecule has 0 bridgehead atoms. The summed E-state index contributed by atoms with van der Waals surface area (Å²) in [6.45, 7) is 0. The lowest BCUT2D eigenvalue weighted by atomic mass is 9.84. The molecule has 2 atom stereocenters. The van der Waals surface area contributed by atoms with Crippen LogP contribution in [0.25, 0.3) is 0 Å². The van der Waals surface area contributed by atoms with Crippen molar-refractivity contribution < 1.29 is 14.6 Å². The molecular formula is C9H12O3. The van der Waals surface area contributed by atoms with Crippen molar-refractivity contribution in [2.24, 2.45) is 5.92 Å². The van der Waals surface area contributed by atoms with Crippen molar-refractivity contribution in [3.63, 3.8) is 0 Å². The second-order valence-corrected chi connectivity index (χ2v) is 3.44. The Morgan fingerprint density at radius 3 is 3.00 bits per heavy atom. The summed E-state index contributed by atoms with van der Waals surface area (Å²) >= 11 is 0. The quantitative estimate of drug-likeness (QED) is 0.558. The lowest BCUT2D eigenvalue weighted by molar-refractivity contribution is -0.150. The Hall–Kier alpha value is -0.990. The smallest absolute Gasteiger partial charge is 0.334 e. The minimum atomic E-state index is -0.393. The molecular weight excluding hydrogens is 156 g/mol. The third-order valence-corrected chi connectivity index (χ3v) is 2.62. The maximum absolute atomic E-state index is 10.9. The number of ether oxygens (including phenoxy) is 1. The molecule has 1 N–H and O–H groups in total. The van der Waals surface area contributed by atoms with Crippen LogP contribution in [0.3, 0.4) is 0 Å². The average Bonchev–Trinajstić information content (AvgIpc) is 2.04. The summed E-state index contributed by atoms with van der Waals surface area (Å²) in [7, 11) is 0. The molecule has 3 heteroatoms. The number of fused-ring (bicyclic) bond motifs is 1. The van der Waals surface area contributed by atoms with Gasteiger partial charge in [-0.25, -0.2) is 4.79 Å². The van der Waals surface area contributed by atoms with E-state index in [1.165, 1.54) is 6.08 Å². The molecule has 0 aromatic heterocycles. The van der Waals surface area contributed by atoms with Gasteiger partial charge in [0.15, 0.2) is 0 Å². The first-order valence-corrected chi connectivity index (χ1v) is 4.38. The van der Waals surface area contributed by atoms with Gasteiger partial charge in [0.05, 0.1) is 12.0 Å². The van der Waals surface area contributed by atoms with E-state index in [2.05, 4.69) is 0 Å². The van der Waals surface area contributed by atoms with E-state index in [0.29, 0.717) is 0 Å². The summed E-state index contributed by atoms with van der Waals surface area (Å²) in [5.41, 5.74) is 0. The van der Waals surface area contributed by atoms with Crippen molar-refractivity contribution in [1.29, 1.82) is 0 Å². The van der Waals surface area contributed by atoms with Gasteiger partial charge >= 0.3 is 5.97 Å². The van der Waals surface area contributed by atoms with Crippen LogP contribution in [0.2, 0.25) is 0 Å². The molecule has 66 valence electrons. The van der Waals surface area contributed by atoms with Crippen LogP contribution in [0.15, 0.2) is 11.8 Å². The number of aliphatic hydroxyl groups excluding tert-OH is 1. The number of hydrogen-bond acceptors (Lipinski definition) is 3. The summed E-state index contributed by atoms with van der Waals surface area (Å²) in [6.07, 6.45) is 5.20. The largest absolute Gasteiger partial charge is 0.512 e. The van der Waals surface area contributed by atoms with Crippen LogP contribution in [-0.4, -0.2) is 17.2 Å². The first-order valence-electron chi connectivity index (χ1n) is 4.38. The van der Waals surface area contributed by atoms with E-state index in [1.54, 1.807) is 0 Å². The number of carbonyl (C=O) groups is 1. The number of rotatable bonds is 0. The Labute approximate surface area is 71.0 Å². The van der Waals surface area contributed by atoms with Crippen LogP contribution in [0, 0.1) is 5.92 Å². The lowest BCUT2D eigenvalue weighted by Gasteiger charge is -2.32. The molecule has 12 heavy (non-hydrogen) atoms. The zero-order chi connectivity index (χ0) is 8.55. The highest BCUT2D eigenvalue weighted by molar-refractivity contribution is 5.83. The van der Waals surface area contributed by atoms with Gasteiger partial charge in [-0.05, 0) is 19.3 Å². The van der Waals surface area contributed by atoms with Gasteiger partial charge in [-0.1, -0.05) is 6.42 Å². The topological polar surface area (TPSA) is 46.5 Å². The van der Waals surface area contributed by atoms with Gasteiger partial charge in [-0.2, -0.15) is 0 Å². The Bertz CT molecular complexity index is 232. The first-order chi connectivity index (χ1) is 5.77. The van der Waals surface area contributed by atoms with Gasteiger partial charge < -0.3 is 9.84 Å². The number of hydrogen-bond donors (Lipinski definition) is 1. The molecule has 0 aromatic carbocycles. The first kappa shape index (κ1) is 7.65. The van der Waals surface area contributed by atoms with Gasteiger partial charge in [0.2, 0.25) is 0 Å². The fourth-order valence-electron chi connectivity index (χ4n) is 1.99. The molecule has 1 aliphatic heterocycles. The summed E-state index contributed by atoms with van der Waals surface area (Å²) in [6, 6.07) is 0. The fraction of sp³-hybridized carbons (Fsp3) is 0.667. The van der Waals surface area contributed by atoms with Crippen LogP contribution in [0.4, 0.5) is 0 Å². The molecule has 1 fully saturated rings. The Morgan fingerprint density at radius 1 is 1.42 bits per heavy atom. The predicted octanol–water partition coefficient (Wildman–Crippen LogP) is 1.54. The minimum absolute atomic E-state index is 0.0590. The Kier molecular flexibility index (Phi) is 1.79. The van der Waals surface area contributed by atoms with Gasteiger partial charge in [0.1, 0.15) is 11.9 Å². The monoisotopic (exact) mass is 168 g/mol. The Balaban J connectivity index is 2.19. The van der Waals surface area contributed by atoms with Gasteiger partial charge in [0.25, 0.3) is 0 Å². The second-order valence-electron chi connectivity index (χ2n) is 3.44. The van der Waals surface area contributed by atoms with Crippen molar-refractivity contribution in [2.75, 3.05) is 0 Å². The highest BCUT2D eigenvalue weighted by Crippen LogP contribution is 2.33. The number of esters is 1. The van der Waals surface area contributed by atoms with Crippen LogP contribution >= 0.6 is 0 Å². The van der Waals surface area contributed by atoms with Crippen molar-refractivity contribution in [2.45, 2.75) is 31.8 Å². The summed E-state index contributed by atoms with van der Waals surface area (Å²) < 4.78 is 5.09. The summed E-state index contributed by atoms with van der Waals surface area (Å²) in [5, 5.41) is 9.44. The van der Waals surface area contributed by atoms with Crippen molar-refractivity contribution in [1.82, 2.24) is 0 Å². The molecule has 1 aliphatic carbocycles. The van der Waals surface area contributed by atoms with Gasteiger partial charge in [-0.15, -0.1) is 0 Å². The molecule has 0 radical (unpaired) electrons. The number of aliphatic hydroxyl groups is 1. The zero-order valence-corrected chi connectivity index (χ0v) is 6.82. The fourth-order valence-corrected chi connectivity index (χ4v) is 1.99. The lowest BCUT2D eigenvalue weighted by Crippen LogP contribution is -2.34. The van der Waals surface area contributed by atoms with E-state index >= 15 is 0 Å². The Morgan fingerprint density at radius 2 is 2.17 bits per heavy atom. The van der Waals surface area contributed by atoms with Crippen LogP contribution in [0.5, 0.6) is 0 Å². The molecule has 0 amide bonds. The van der Waals surface area contributed by atoms with E-state index < -0.39 is 5.97 Å². The van der Waals surface area contributed by atoms with E-state index in [9.17, 15) is 9.90 Å². The summed E-state index contributed by atoms with van der Waals surface area (Å²) in [5.74, 6) is -0.0944. The molecule has 0 aromatic rings. The van der Waals surface area contributed by atoms with E-state index in [1.807, 2.05) is 0 Å². The minimum Gasteiger partial charge on any atom is -0.512 e. The molecule has 3 nitrogen and oxygen atoms in total. The maximum atomic E-state index is 10.9. The average molecular weight is 168 g/mol. The van der Waals surface area contributed by atoms with Crippen LogP contribution in [0.1, 0.15) is 25.7 Å². The molecule has 2 rings (SSSR count). The second kappa shape index (κ2) is 2.81. The van der Waals surface area contributed by atoms with Crippen molar-refractivity contribution in [3.05, 3.63) is 11.8 Å². The third kappa shape index (κ3) is 1.19. The predicted molar refractivity (Wildman–Crippen MR) is 42.5 cm³/mol. The SMILES string of the molecule is O=C1C=C(O)[C@H]2CCCCC2O1. The molecule has 0 spiro atoms. The normalized spacial score (nSPS) is 35.0. The van der Waals surface area contributed by atoms with E-state index in [0.717, 1.165) is 25.7 Å². The molecule has 1 heterocycles. The van der Waals surface area contributed by atoms with Crippen molar-refractivity contribution >= 4 is 5.97 Å². The molecule has 1 saturated carbocycles. The standard InChI is InChI=1S/C9H12O3/c10-7-5-9(11)12-8-4-2-1-3-6(7)8/h5-6,8,10H,1-4H2/t6-,8?/m1/s1. The van der Waals surface area contributed by atoms with Crippen LogP contribution < -0.4 is 0 Å². The van der Waals surface area contributed by atoms with E-state index in [4.69, 9.17) is 4.74 Å². The zero-order valence-electron chi connectivity index (χ0n) is 6.82. The van der Waals surface area contributed by atoms with Crippen LogP contribution in [-0.2, 0) is 9.53 Å². The van der Waals surface area contributed by atoms with Crippen molar-refractivity contribution in [3.8, 4) is 0 Å². The molecule has 0 saturated heterocycles.